The average molecular weight is 1000 g/mol. The van der Waals surface area contributed by atoms with Crippen molar-refractivity contribution in [2.75, 3.05) is 31.8 Å². The van der Waals surface area contributed by atoms with Crippen LogP contribution < -0.4 is 57.2 Å². The Kier molecular flexibility index (Phi) is 16.8. The largest absolute Gasteiger partial charge is 1.00 e. The fourth-order valence-corrected chi connectivity index (χ4v) is 8.01. The first-order valence-corrected chi connectivity index (χ1v) is 21.8. The number of carbonyl (C=O) groups excluding carboxylic acids is 3. The zero-order valence-electron chi connectivity index (χ0n) is 40.1. The summed E-state index contributed by atoms with van der Waals surface area (Å²) < 4.78 is 32.1. The van der Waals surface area contributed by atoms with E-state index in [-0.39, 0.29) is 75.3 Å². The Morgan fingerprint density at radius 2 is 1.12 bits per heavy atom. The van der Waals surface area contributed by atoms with Gasteiger partial charge >= 0.3 is 47.5 Å². The average Bonchev–Trinajstić information content (AvgIpc) is 4.08. The van der Waals surface area contributed by atoms with Crippen LogP contribution in [0.3, 0.4) is 0 Å². The molecule has 0 bridgehead atoms. The van der Waals surface area contributed by atoms with Crippen molar-refractivity contribution < 1.29 is 88.1 Å². The number of rotatable bonds is 10. The van der Waals surface area contributed by atoms with Gasteiger partial charge in [-0.05, 0) is 71.0 Å². The first-order valence-electron chi connectivity index (χ1n) is 21.8. The maximum Gasteiger partial charge on any atom is 1.00 e. The van der Waals surface area contributed by atoms with Gasteiger partial charge in [-0.3, -0.25) is 19.6 Å². The summed E-state index contributed by atoms with van der Waals surface area (Å²) >= 11 is 0. The summed E-state index contributed by atoms with van der Waals surface area (Å²) in [7, 11) is 0.750. The monoisotopic (exact) mass is 1000 g/mol. The van der Waals surface area contributed by atoms with Gasteiger partial charge in [-0.25, -0.2) is 33.4 Å². The minimum Gasteiger partial charge on any atom is -0.857 e. The number of hydrogen-bond donors (Lipinski definition) is 7. The molecule has 2 aliphatic heterocycles. The number of fused-ring (bicyclic) bond motifs is 2. The molecule has 24 nitrogen and oxygen atoms in total. The Bertz CT molecular complexity index is 3180. The van der Waals surface area contributed by atoms with Gasteiger partial charge in [0.2, 0.25) is 11.9 Å². The molecule has 7 aromatic rings. The fraction of sp³-hybridized carbons (Fsp3) is 0.340. The normalized spacial score (nSPS) is 23.2. The summed E-state index contributed by atoms with van der Waals surface area (Å²) in [5, 5.41) is 45.9. The maximum atomic E-state index is 13.7. The van der Waals surface area contributed by atoms with Crippen molar-refractivity contribution in [2.24, 2.45) is 0 Å². The number of aryl methyl sites for hydroxylation is 3. The van der Waals surface area contributed by atoms with Gasteiger partial charge < -0.3 is 55.6 Å². The van der Waals surface area contributed by atoms with E-state index in [1.807, 2.05) is 20.8 Å². The van der Waals surface area contributed by atoms with Crippen LogP contribution in [-0.4, -0.2) is 128 Å². The van der Waals surface area contributed by atoms with Crippen molar-refractivity contribution in [3.8, 4) is 0 Å². The first-order chi connectivity index (χ1) is 33.8. The van der Waals surface area contributed by atoms with Crippen molar-refractivity contribution >= 4 is 40.8 Å². The van der Waals surface area contributed by atoms with Crippen LogP contribution in [0, 0.1) is 20.8 Å². The molecule has 8 atom stereocenters. The summed E-state index contributed by atoms with van der Waals surface area (Å²) in [5.74, 6) is -2.29. The minimum atomic E-state index is -1.80. The van der Waals surface area contributed by atoms with E-state index in [1.165, 1.54) is 30.8 Å². The van der Waals surface area contributed by atoms with E-state index < -0.39 is 90.1 Å². The molecule has 3 aromatic carbocycles. The van der Waals surface area contributed by atoms with Crippen molar-refractivity contribution in [1.82, 2.24) is 39.2 Å². The van der Waals surface area contributed by atoms with E-state index in [1.54, 1.807) is 72.8 Å². The number of carbonyl (C=O) groups is 3. The molecule has 2 fully saturated rings. The van der Waals surface area contributed by atoms with Crippen LogP contribution in [0.4, 0.5) is 11.9 Å². The molecule has 374 valence electrons. The van der Waals surface area contributed by atoms with Crippen LogP contribution >= 0.6 is 0 Å². The van der Waals surface area contributed by atoms with Crippen LogP contribution in [0.25, 0.3) is 11.0 Å². The number of ether oxygens (including phenoxy) is 5. The van der Waals surface area contributed by atoms with Crippen molar-refractivity contribution in [2.45, 2.75) is 82.4 Å². The van der Waals surface area contributed by atoms with E-state index in [9.17, 15) is 39.3 Å². The molecule has 72 heavy (non-hydrogen) atoms. The number of H-pyrrole nitrogens is 2. The number of imidazole rings is 2. The Morgan fingerprint density at radius 3 is 1.57 bits per heavy atom. The van der Waals surface area contributed by atoms with E-state index in [4.69, 9.17) is 40.3 Å². The maximum absolute atomic E-state index is 13.7. The van der Waals surface area contributed by atoms with Crippen LogP contribution in [0.1, 0.15) is 85.5 Å². The number of aliphatic hydroxyl groups is 3. The van der Waals surface area contributed by atoms with E-state index in [0.717, 1.165) is 28.3 Å². The molecule has 9 rings (SSSR count). The fourth-order valence-electron chi connectivity index (χ4n) is 8.01. The first kappa shape index (κ1) is 54.5. The number of benzene rings is 3. The van der Waals surface area contributed by atoms with Gasteiger partial charge in [0.1, 0.15) is 36.6 Å². The molecule has 6 heterocycles. The number of aromatic amines is 2. The number of nitrogens with one attached hydrogen (secondary N) is 2. The number of nitrogens with two attached hydrogens (primary N) is 2. The Hall–Kier alpha value is -6.87. The summed E-state index contributed by atoms with van der Waals surface area (Å²) in [5.41, 5.74) is 10.5. The molecule has 2 aliphatic rings. The third-order valence-electron chi connectivity index (χ3n) is 11.9. The number of anilines is 2. The van der Waals surface area contributed by atoms with Crippen LogP contribution in [-0.2, 0) is 23.7 Å². The number of nitrogen functional groups attached to an aromatic ring is 2. The minimum absolute atomic E-state index is 0. The summed E-state index contributed by atoms with van der Waals surface area (Å²) in [6.45, 7) is 7.67. The molecule has 0 saturated carbocycles. The second-order valence-corrected chi connectivity index (χ2v) is 17.1. The molecule has 9 N–H and O–H groups in total. The third-order valence-corrected chi connectivity index (χ3v) is 11.9. The van der Waals surface area contributed by atoms with Gasteiger partial charge in [0.25, 0.3) is 11.1 Å². The van der Waals surface area contributed by atoms with Crippen LogP contribution in [0.15, 0.2) is 94.8 Å². The molecule has 0 aliphatic carbocycles. The predicted octanol–water partition coefficient (Wildman–Crippen LogP) is -2.41. The van der Waals surface area contributed by atoms with Crippen LogP contribution in [0.5, 0.6) is 0 Å². The van der Waals surface area contributed by atoms with Gasteiger partial charge in [0.15, 0.2) is 40.5 Å². The summed E-state index contributed by atoms with van der Waals surface area (Å²) in [6.07, 6.45) is -4.61. The molecular weight excluding hydrogens is 952 g/mol. The number of hydrogen-bond acceptors (Lipinski definition) is 20. The van der Waals surface area contributed by atoms with Gasteiger partial charge in [-0.2, -0.15) is 7.11 Å². The van der Waals surface area contributed by atoms with Crippen molar-refractivity contribution in [3.05, 3.63) is 151 Å². The van der Waals surface area contributed by atoms with Crippen molar-refractivity contribution in [1.29, 1.82) is 0 Å². The number of aliphatic hydroxyl groups excluding tert-OH is 2. The second-order valence-electron chi connectivity index (χ2n) is 17.1. The second kappa shape index (κ2) is 22.3. The Balaban J connectivity index is 0.000000294. The zero-order valence-corrected chi connectivity index (χ0v) is 42.1. The smallest absolute Gasteiger partial charge is 0.857 e. The zero-order chi connectivity index (χ0) is 51.5. The quantitative estimate of drug-likeness (QED) is 0.0426. The topological polar surface area (TPSA) is 359 Å². The van der Waals surface area contributed by atoms with E-state index in [2.05, 4.69) is 30.1 Å². The Labute approximate surface area is 431 Å². The molecule has 25 heteroatoms. The van der Waals surface area contributed by atoms with E-state index >= 15 is 0 Å². The molecule has 0 amide bonds. The molecular formula is C47H51N10NaO14. The molecule has 0 radical (unpaired) electrons. The van der Waals surface area contributed by atoms with Crippen molar-refractivity contribution in [3.63, 3.8) is 0 Å². The molecule has 0 unspecified atom stereocenters. The Morgan fingerprint density at radius 1 is 0.708 bits per heavy atom. The summed E-state index contributed by atoms with van der Waals surface area (Å²) in [4.78, 5) is 77.9. The van der Waals surface area contributed by atoms with Crippen LogP contribution in [0.2, 0.25) is 0 Å². The third kappa shape index (κ3) is 11.0. The number of aromatic nitrogens is 8. The molecule has 2 saturated heterocycles. The SMILES string of the molecule is C[C@@]1(O)[C@H](O)[C@@H](CO)O[C@H]1c1ncc2c(=O)[nH]c(N)nn12.C[O-].Cc1ccc(C(=O)OC[C@H]2O[C@@H](c3ncc4c(=O)[nH]c(N)nn34)[C@](C)(OC(=O)c3ccc(C)cc3)[C@@H]2OC(=O)c2ccc(C)cc2)cc1.[Na+]. The number of esters is 3. The van der Waals surface area contributed by atoms with Gasteiger partial charge in [-0.15, -0.1) is 10.2 Å². The standard InChI is InChI=1S/C35H33N5O8.C11H15N5O5.CH3O.Na/c1-19-5-11-22(12-6-19)31(42)45-18-26-27(47-32(43)23-13-7-20(2)8-14-23)35(4,48-33(44)24-15-9-21(3)10-16-24)28(46-26)29-37-17-25-30(41)38-34(36)39-40(25)29;1-11(20)6(18)5(3-17)21-7(11)8-13-2-4-9(19)14-10(12)15-16(4)8;1-2;/h5-17,26-28H,18H2,1-4H3,(H3,36,38,39,41);2,5-7,17-18,20H,3H2,1H3,(H3,12,14,15,19);1H3;/q;;-1;+1/t26-,27-,28+,35-;5-,6-,7+,11-;;/m11../s1. The predicted molar refractivity (Wildman–Crippen MR) is 248 cm³/mol. The molecule has 0 spiro atoms. The van der Waals surface area contributed by atoms with E-state index in [0.29, 0.717) is 5.56 Å². The van der Waals surface area contributed by atoms with Gasteiger partial charge in [0, 0.05) is 0 Å². The van der Waals surface area contributed by atoms with Gasteiger partial charge in [0.05, 0.1) is 35.7 Å². The van der Waals surface area contributed by atoms with Gasteiger partial charge in [-0.1, -0.05) is 53.1 Å². The summed E-state index contributed by atoms with van der Waals surface area (Å²) in [6, 6.07) is 20.2. The molecule has 4 aromatic heterocycles. The number of nitrogens with zero attached hydrogens (tertiary/aromatic N) is 6.